The molecule has 0 radical (unpaired) electrons. The van der Waals surface area contributed by atoms with Gasteiger partial charge in [-0.2, -0.15) is 0 Å². The maximum absolute atomic E-state index is 11.0. The molecule has 0 amide bonds. The molecule has 0 aliphatic rings. The molecule has 0 aliphatic heterocycles. The van der Waals surface area contributed by atoms with Crippen LogP contribution in [-0.2, 0) is 16.0 Å². The molecule has 0 spiro atoms. The average Bonchev–Trinajstić information content (AvgIpc) is 2.26. The highest BCUT2D eigenvalue weighted by Crippen LogP contribution is 2.11. The molecule has 0 fully saturated rings. The second kappa shape index (κ2) is 5.73. The Morgan fingerprint density at radius 3 is 2.60 bits per heavy atom. The van der Waals surface area contributed by atoms with Crippen LogP contribution in [0.1, 0.15) is 12.0 Å². The molecule has 0 heterocycles. The monoisotopic (exact) mass is 227 g/mol. The predicted octanol–water partition coefficient (Wildman–Crippen LogP) is 1.77. The second-order valence-corrected chi connectivity index (χ2v) is 3.73. The minimum atomic E-state index is -0.550. The van der Waals surface area contributed by atoms with Gasteiger partial charge in [0, 0.05) is 5.02 Å². The third-order valence-corrected chi connectivity index (χ3v) is 2.41. The van der Waals surface area contributed by atoms with Gasteiger partial charge in [-0.15, -0.1) is 0 Å². The van der Waals surface area contributed by atoms with Crippen molar-refractivity contribution >= 4 is 17.6 Å². The number of carbonyl (C=O) groups is 1. The lowest BCUT2D eigenvalue weighted by Crippen LogP contribution is -2.31. The summed E-state index contributed by atoms with van der Waals surface area (Å²) in [4.78, 5) is 11.0. The fraction of sp³-hybridized carbons (Fsp3) is 0.364. The first-order valence-electron chi connectivity index (χ1n) is 4.71. The third kappa shape index (κ3) is 3.90. The number of hydrogen-bond acceptors (Lipinski definition) is 3. The number of methoxy groups -OCH3 is 1. The van der Waals surface area contributed by atoms with Gasteiger partial charge in [0.15, 0.2) is 0 Å². The van der Waals surface area contributed by atoms with E-state index in [1.165, 1.54) is 7.11 Å². The summed E-state index contributed by atoms with van der Waals surface area (Å²) in [5.41, 5.74) is 6.71. The van der Waals surface area contributed by atoms with Crippen LogP contribution in [-0.4, -0.2) is 19.1 Å². The molecule has 0 aromatic heterocycles. The number of benzene rings is 1. The molecule has 0 saturated heterocycles. The van der Waals surface area contributed by atoms with Gasteiger partial charge in [-0.05, 0) is 30.5 Å². The maximum Gasteiger partial charge on any atom is 0.322 e. The molecule has 15 heavy (non-hydrogen) atoms. The zero-order valence-electron chi connectivity index (χ0n) is 8.57. The van der Waals surface area contributed by atoms with Crippen LogP contribution in [0.5, 0.6) is 0 Å². The van der Waals surface area contributed by atoms with Crippen LogP contribution in [0.2, 0.25) is 5.02 Å². The summed E-state index contributed by atoms with van der Waals surface area (Å²) >= 11 is 5.75. The Bertz CT molecular complexity index is 324. The lowest BCUT2D eigenvalue weighted by molar-refractivity contribution is -0.142. The van der Waals surface area contributed by atoms with Gasteiger partial charge >= 0.3 is 5.97 Å². The highest BCUT2D eigenvalue weighted by Gasteiger charge is 2.12. The first-order chi connectivity index (χ1) is 7.13. The third-order valence-electron chi connectivity index (χ3n) is 2.16. The second-order valence-electron chi connectivity index (χ2n) is 3.29. The van der Waals surface area contributed by atoms with Gasteiger partial charge in [0.05, 0.1) is 7.11 Å². The van der Waals surface area contributed by atoms with Crippen molar-refractivity contribution in [3.8, 4) is 0 Å². The standard InChI is InChI=1S/C11H14ClNO2/c1-15-11(14)10(13)7-4-8-2-5-9(12)6-3-8/h2-3,5-6,10H,4,7,13H2,1H3. The van der Waals surface area contributed by atoms with E-state index in [2.05, 4.69) is 4.74 Å². The average molecular weight is 228 g/mol. The molecule has 1 aromatic carbocycles. The molecule has 0 saturated carbocycles. The zero-order chi connectivity index (χ0) is 11.3. The van der Waals surface area contributed by atoms with Crippen molar-refractivity contribution in [3.05, 3.63) is 34.9 Å². The van der Waals surface area contributed by atoms with Crippen molar-refractivity contribution in [2.45, 2.75) is 18.9 Å². The van der Waals surface area contributed by atoms with E-state index in [0.717, 1.165) is 12.0 Å². The van der Waals surface area contributed by atoms with Crippen LogP contribution in [0, 0.1) is 0 Å². The van der Waals surface area contributed by atoms with Crippen LogP contribution in [0.3, 0.4) is 0 Å². The van der Waals surface area contributed by atoms with E-state index in [-0.39, 0.29) is 5.97 Å². The summed E-state index contributed by atoms with van der Waals surface area (Å²) in [6.07, 6.45) is 1.32. The Morgan fingerprint density at radius 1 is 1.47 bits per heavy atom. The van der Waals surface area contributed by atoms with E-state index < -0.39 is 6.04 Å². The molecular weight excluding hydrogens is 214 g/mol. The molecule has 1 aromatic rings. The van der Waals surface area contributed by atoms with Crippen molar-refractivity contribution < 1.29 is 9.53 Å². The molecule has 1 unspecified atom stereocenters. The van der Waals surface area contributed by atoms with E-state index in [4.69, 9.17) is 17.3 Å². The molecule has 0 aliphatic carbocycles. The fourth-order valence-corrected chi connectivity index (χ4v) is 1.37. The summed E-state index contributed by atoms with van der Waals surface area (Å²) in [5, 5.41) is 0.705. The van der Waals surface area contributed by atoms with Crippen molar-refractivity contribution in [2.75, 3.05) is 7.11 Å². The topological polar surface area (TPSA) is 52.3 Å². The summed E-state index contributed by atoms with van der Waals surface area (Å²) < 4.78 is 4.53. The molecular formula is C11H14ClNO2. The number of ether oxygens (including phenoxy) is 1. The quantitative estimate of drug-likeness (QED) is 0.798. The summed E-state index contributed by atoms with van der Waals surface area (Å²) in [5.74, 6) is -0.371. The van der Waals surface area contributed by atoms with Crippen LogP contribution in [0.4, 0.5) is 0 Å². The highest BCUT2D eigenvalue weighted by molar-refractivity contribution is 6.30. The van der Waals surface area contributed by atoms with Crippen molar-refractivity contribution in [1.82, 2.24) is 0 Å². The molecule has 1 rings (SSSR count). The first kappa shape index (κ1) is 12.0. The molecule has 3 nitrogen and oxygen atoms in total. The number of carbonyl (C=O) groups excluding carboxylic acids is 1. The van der Waals surface area contributed by atoms with Gasteiger partial charge in [0.2, 0.25) is 0 Å². The van der Waals surface area contributed by atoms with Crippen molar-refractivity contribution in [2.24, 2.45) is 5.73 Å². The van der Waals surface area contributed by atoms with Crippen LogP contribution < -0.4 is 5.73 Å². The lowest BCUT2D eigenvalue weighted by Gasteiger charge is -2.08. The summed E-state index contributed by atoms with van der Waals surface area (Å²) in [6.45, 7) is 0. The Balaban J connectivity index is 2.43. The summed E-state index contributed by atoms with van der Waals surface area (Å²) in [7, 11) is 1.34. The van der Waals surface area contributed by atoms with Crippen molar-refractivity contribution in [3.63, 3.8) is 0 Å². The van der Waals surface area contributed by atoms with E-state index in [0.29, 0.717) is 11.4 Å². The number of hydrogen-bond donors (Lipinski definition) is 1. The molecule has 0 bridgehead atoms. The van der Waals surface area contributed by atoms with Crippen molar-refractivity contribution in [1.29, 1.82) is 0 Å². The highest BCUT2D eigenvalue weighted by atomic mass is 35.5. The zero-order valence-corrected chi connectivity index (χ0v) is 9.33. The smallest absolute Gasteiger partial charge is 0.322 e. The van der Waals surface area contributed by atoms with Gasteiger partial charge in [-0.1, -0.05) is 23.7 Å². The number of esters is 1. The normalized spacial score (nSPS) is 12.2. The lowest BCUT2D eigenvalue weighted by atomic mass is 10.1. The van der Waals surface area contributed by atoms with Crippen LogP contribution >= 0.6 is 11.6 Å². The largest absolute Gasteiger partial charge is 0.468 e. The van der Waals surface area contributed by atoms with Gasteiger partial charge in [0.1, 0.15) is 6.04 Å². The Morgan fingerprint density at radius 2 is 2.07 bits per heavy atom. The number of halogens is 1. The van der Waals surface area contributed by atoms with E-state index in [1.807, 2.05) is 24.3 Å². The van der Waals surface area contributed by atoms with Gasteiger partial charge in [-0.25, -0.2) is 0 Å². The molecule has 2 N–H and O–H groups in total. The molecule has 4 heteroatoms. The van der Waals surface area contributed by atoms with E-state index >= 15 is 0 Å². The Labute approximate surface area is 94.2 Å². The van der Waals surface area contributed by atoms with Gasteiger partial charge < -0.3 is 10.5 Å². The minimum Gasteiger partial charge on any atom is -0.468 e. The minimum absolute atomic E-state index is 0.371. The van der Waals surface area contributed by atoms with Gasteiger partial charge in [0.25, 0.3) is 0 Å². The maximum atomic E-state index is 11.0. The first-order valence-corrected chi connectivity index (χ1v) is 5.09. The number of nitrogens with two attached hydrogens (primary N) is 1. The SMILES string of the molecule is COC(=O)C(N)CCc1ccc(Cl)cc1. The Hall–Kier alpha value is -1.06. The Kier molecular flexibility index (Phi) is 4.59. The fourth-order valence-electron chi connectivity index (χ4n) is 1.24. The van der Waals surface area contributed by atoms with Gasteiger partial charge in [-0.3, -0.25) is 4.79 Å². The molecule has 1 atom stereocenters. The van der Waals surface area contributed by atoms with E-state index in [1.54, 1.807) is 0 Å². The van der Waals surface area contributed by atoms with Crippen LogP contribution in [0.25, 0.3) is 0 Å². The number of rotatable bonds is 4. The molecule has 82 valence electrons. The predicted molar refractivity (Wildman–Crippen MR) is 59.8 cm³/mol. The van der Waals surface area contributed by atoms with Crippen LogP contribution in [0.15, 0.2) is 24.3 Å². The number of aryl methyl sites for hydroxylation is 1. The summed E-state index contributed by atoms with van der Waals surface area (Å²) in [6, 6.07) is 6.94. The van der Waals surface area contributed by atoms with E-state index in [9.17, 15) is 4.79 Å².